The molecule has 24 heavy (non-hydrogen) atoms. The van der Waals surface area contributed by atoms with Crippen LogP contribution in [0.2, 0.25) is 5.02 Å². The van der Waals surface area contributed by atoms with Crippen molar-refractivity contribution in [3.8, 4) is 0 Å². The number of hydrogen-bond acceptors (Lipinski definition) is 1. The van der Waals surface area contributed by atoms with Gasteiger partial charge in [-0.3, -0.25) is 4.79 Å². The molecule has 0 atom stereocenters. The summed E-state index contributed by atoms with van der Waals surface area (Å²) in [6.07, 6.45) is 0.428. The first-order valence-electron chi connectivity index (χ1n) is 7.79. The maximum absolute atomic E-state index is 12.3. The number of amides is 1. The molecule has 0 spiro atoms. The van der Waals surface area contributed by atoms with Crippen LogP contribution in [-0.2, 0) is 4.79 Å². The van der Waals surface area contributed by atoms with Gasteiger partial charge in [0.1, 0.15) is 0 Å². The highest BCUT2D eigenvalue weighted by Crippen LogP contribution is 2.25. The van der Waals surface area contributed by atoms with Crippen LogP contribution in [0, 0.1) is 5.41 Å². The zero-order chi connectivity index (χ0) is 17.7. The molecule has 1 amide bonds. The van der Waals surface area contributed by atoms with E-state index in [4.69, 9.17) is 11.6 Å². The molecule has 0 aliphatic rings. The van der Waals surface area contributed by atoms with Gasteiger partial charge in [-0.2, -0.15) is 0 Å². The lowest BCUT2D eigenvalue weighted by Gasteiger charge is -2.18. The fourth-order valence-corrected chi connectivity index (χ4v) is 2.60. The number of hydrogen-bond donors (Lipinski definition) is 1. The molecule has 0 saturated carbocycles. The van der Waals surface area contributed by atoms with Gasteiger partial charge in [0.05, 0.1) is 16.8 Å². The Balaban J connectivity index is 2.41. The SMILES string of the molecule is C=[N+]=C(c1ccccc1)c1cc(Cl)ccc1NC(=O)CC(C)(C)C. The van der Waals surface area contributed by atoms with Crippen molar-refractivity contribution in [3.05, 3.63) is 64.7 Å². The first-order chi connectivity index (χ1) is 11.3. The van der Waals surface area contributed by atoms with Crippen molar-refractivity contribution in [2.24, 2.45) is 5.41 Å². The van der Waals surface area contributed by atoms with Crippen LogP contribution in [0.3, 0.4) is 0 Å². The van der Waals surface area contributed by atoms with Crippen LogP contribution < -0.4 is 9.98 Å². The summed E-state index contributed by atoms with van der Waals surface area (Å²) >= 11 is 6.16. The number of rotatable bonds is 4. The van der Waals surface area contributed by atoms with E-state index in [0.29, 0.717) is 22.8 Å². The Labute approximate surface area is 148 Å². The molecule has 0 aromatic heterocycles. The zero-order valence-electron chi connectivity index (χ0n) is 14.3. The average molecular weight is 342 g/mol. The van der Waals surface area contributed by atoms with Crippen LogP contribution in [0.15, 0.2) is 48.5 Å². The molecular formula is C20H22ClN2O+. The Hall–Kier alpha value is -2.35. The van der Waals surface area contributed by atoms with Gasteiger partial charge in [-0.1, -0.05) is 55.2 Å². The number of carbonyl (C=O) groups is 1. The number of carbonyl (C=O) groups excluding carboxylic acids is 1. The van der Waals surface area contributed by atoms with Crippen molar-refractivity contribution in [2.75, 3.05) is 5.32 Å². The van der Waals surface area contributed by atoms with Crippen molar-refractivity contribution in [3.63, 3.8) is 0 Å². The number of anilines is 1. The van der Waals surface area contributed by atoms with E-state index in [1.54, 1.807) is 18.2 Å². The molecule has 0 unspecified atom stereocenters. The van der Waals surface area contributed by atoms with Gasteiger partial charge in [0.25, 0.3) is 6.72 Å². The minimum atomic E-state index is -0.0840. The summed E-state index contributed by atoms with van der Waals surface area (Å²) in [6, 6.07) is 15.1. The summed E-state index contributed by atoms with van der Waals surface area (Å²) in [7, 11) is 0. The number of benzene rings is 2. The first kappa shape index (κ1) is 18.0. The number of nitrogens with one attached hydrogen (secondary N) is 1. The lowest BCUT2D eigenvalue weighted by Crippen LogP contribution is -2.21. The van der Waals surface area contributed by atoms with Crippen molar-refractivity contribution < 1.29 is 4.79 Å². The fourth-order valence-electron chi connectivity index (χ4n) is 2.43. The molecule has 0 bridgehead atoms. The van der Waals surface area contributed by atoms with Crippen molar-refractivity contribution in [2.45, 2.75) is 27.2 Å². The maximum atomic E-state index is 12.3. The molecule has 1 N–H and O–H groups in total. The lowest BCUT2D eigenvalue weighted by molar-refractivity contribution is -0.117. The van der Waals surface area contributed by atoms with E-state index >= 15 is 0 Å². The van der Waals surface area contributed by atoms with Gasteiger partial charge < -0.3 is 5.32 Å². The van der Waals surface area contributed by atoms with Crippen molar-refractivity contribution in [1.29, 1.82) is 0 Å². The molecule has 0 aliphatic heterocycles. The highest BCUT2D eigenvalue weighted by Gasteiger charge is 2.23. The van der Waals surface area contributed by atoms with Gasteiger partial charge in [-0.05, 0) is 35.7 Å². The van der Waals surface area contributed by atoms with Crippen LogP contribution in [0.25, 0.3) is 0 Å². The minimum Gasteiger partial charge on any atom is -0.325 e. The first-order valence-corrected chi connectivity index (χ1v) is 8.17. The van der Waals surface area contributed by atoms with Crippen molar-refractivity contribution in [1.82, 2.24) is 4.67 Å². The number of halogens is 1. The van der Waals surface area contributed by atoms with Gasteiger partial charge in [0.2, 0.25) is 5.91 Å². The van der Waals surface area contributed by atoms with E-state index in [1.807, 2.05) is 51.1 Å². The van der Waals surface area contributed by atoms with Crippen LogP contribution in [-0.4, -0.2) is 18.3 Å². The Kier molecular flexibility index (Phi) is 5.61. The molecule has 0 saturated heterocycles. The minimum absolute atomic E-state index is 0.0393. The van der Waals surface area contributed by atoms with E-state index in [-0.39, 0.29) is 11.3 Å². The molecule has 2 rings (SSSR count). The summed E-state index contributed by atoms with van der Waals surface area (Å²) in [5, 5.41) is 3.55. The van der Waals surface area contributed by atoms with E-state index in [9.17, 15) is 4.79 Å². The lowest BCUT2D eigenvalue weighted by atomic mass is 9.92. The molecule has 2 aromatic carbocycles. The fraction of sp³-hybridized carbons (Fsp3) is 0.250. The monoisotopic (exact) mass is 341 g/mol. The van der Waals surface area contributed by atoms with Gasteiger partial charge in [-0.15, -0.1) is 0 Å². The highest BCUT2D eigenvalue weighted by atomic mass is 35.5. The van der Waals surface area contributed by atoms with E-state index < -0.39 is 0 Å². The predicted molar refractivity (Wildman–Crippen MR) is 103 cm³/mol. The molecule has 4 heteroatoms. The Bertz CT molecular complexity index is 785. The summed E-state index contributed by atoms with van der Waals surface area (Å²) in [4.78, 5) is 12.3. The van der Waals surface area contributed by atoms with Crippen LogP contribution >= 0.6 is 11.6 Å². The molecule has 0 heterocycles. The van der Waals surface area contributed by atoms with Crippen LogP contribution in [0.4, 0.5) is 5.69 Å². The van der Waals surface area contributed by atoms with Gasteiger partial charge in [0, 0.05) is 11.4 Å². The molecule has 2 aromatic rings. The molecule has 0 radical (unpaired) electrons. The summed E-state index contributed by atoms with van der Waals surface area (Å²) < 4.78 is 4.17. The van der Waals surface area contributed by atoms with E-state index in [2.05, 4.69) is 16.7 Å². The summed E-state index contributed by atoms with van der Waals surface area (Å²) in [5.41, 5.74) is 2.95. The quantitative estimate of drug-likeness (QED) is 0.653. The molecule has 0 aliphatic carbocycles. The topological polar surface area (TPSA) is 43.2 Å². The third-order valence-electron chi connectivity index (χ3n) is 3.41. The second kappa shape index (κ2) is 7.48. The Morgan fingerprint density at radius 2 is 1.83 bits per heavy atom. The second-order valence-corrected chi connectivity index (χ2v) is 7.28. The molecule has 0 fully saturated rings. The maximum Gasteiger partial charge on any atom is 0.342 e. The van der Waals surface area contributed by atoms with E-state index in [0.717, 1.165) is 11.1 Å². The largest absolute Gasteiger partial charge is 0.342 e. The summed E-state index contributed by atoms with van der Waals surface area (Å²) in [6.45, 7) is 9.77. The third-order valence-corrected chi connectivity index (χ3v) is 3.64. The van der Waals surface area contributed by atoms with Crippen molar-refractivity contribution >= 4 is 35.6 Å². The molecular weight excluding hydrogens is 320 g/mol. The summed E-state index contributed by atoms with van der Waals surface area (Å²) in [5.74, 6) is -0.0393. The predicted octanol–water partition coefficient (Wildman–Crippen LogP) is 4.32. The Morgan fingerprint density at radius 3 is 2.42 bits per heavy atom. The number of nitrogens with zero attached hydrogens (tertiary/aromatic N) is 1. The van der Waals surface area contributed by atoms with Crippen LogP contribution in [0.1, 0.15) is 38.3 Å². The van der Waals surface area contributed by atoms with E-state index in [1.165, 1.54) is 0 Å². The van der Waals surface area contributed by atoms with Gasteiger partial charge in [0.15, 0.2) is 0 Å². The standard InChI is InChI=1S/C20H21ClN2O/c1-20(2,3)13-18(24)23-17-11-10-15(21)12-16(17)19(22-4)14-8-6-5-7-9-14/h5-12H,4,13H2,1-3H3/p+1. The van der Waals surface area contributed by atoms with Crippen LogP contribution in [0.5, 0.6) is 0 Å². The van der Waals surface area contributed by atoms with Gasteiger partial charge in [-0.25, -0.2) is 0 Å². The second-order valence-electron chi connectivity index (χ2n) is 6.85. The molecule has 3 nitrogen and oxygen atoms in total. The smallest absolute Gasteiger partial charge is 0.325 e. The Morgan fingerprint density at radius 1 is 1.17 bits per heavy atom. The third kappa shape index (κ3) is 4.82. The average Bonchev–Trinajstić information content (AvgIpc) is 2.50. The van der Waals surface area contributed by atoms with Gasteiger partial charge >= 0.3 is 5.71 Å². The highest BCUT2D eigenvalue weighted by molar-refractivity contribution is 6.31. The zero-order valence-corrected chi connectivity index (χ0v) is 15.0. The molecule has 124 valence electrons. The normalized spacial score (nSPS) is 10.8.